The van der Waals surface area contributed by atoms with Crippen LogP contribution in [0.1, 0.15) is 46.0 Å². The molecule has 0 spiro atoms. The number of rotatable bonds is 2. The smallest absolute Gasteiger partial charge is 0.220 e. The van der Waals surface area contributed by atoms with Gasteiger partial charge in [-0.2, -0.15) is 0 Å². The molecule has 0 radical (unpaired) electrons. The van der Waals surface area contributed by atoms with Crippen LogP contribution in [0.25, 0.3) is 0 Å². The highest BCUT2D eigenvalue weighted by Gasteiger charge is 2.29. The van der Waals surface area contributed by atoms with Gasteiger partial charge in [-0.3, -0.25) is 4.79 Å². The fraction of sp³-hybridized carbons (Fsp3) is 0.889. The van der Waals surface area contributed by atoms with Crippen molar-refractivity contribution in [2.24, 2.45) is 0 Å². The molecule has 0 aromatic heterocycles. The van der Waals surface area contributed by atoms with Gasteiger partial charge in [0, 0.05) is 12.0 Å². The molecule has 0 aromatic carbocycles. The van der Waals surface area contributed by atoms with Crippen LogP contribution in [0, 0.1) is 0 Å². The summed E-state index contributed by atoms with van der Waals surface area (Å²) in [5, 5.41) is 3.07. The molecule has 0 aromatic rings. The third-order valence-corrected chi connectivity index (χ3v) is 2.47. The molecule has 2 nitrogen and oxygen atoms in total. The van der Waals surface area contributed by atoms with Gasteiger partial charge >= 0.3 is 0 Å². The van der Waals surface area contributed by atoms with Gasteiger partial charge in [-0.15, -0.1) is 0 Å². The third kappa shape index (κ3) is 2.21. The fourth-order valence-electron chi connectivity index (χ4n) is 1.71. The highest BCUT2D eigenvalue weighted by atomic mass is 16.1. The molecule has 2 heteroatoms. The maximum Gasteiger partial charge on any atom is 0.220 e. The zero-order valence-electron chi connectivity index (χ0n) is 7.44. The molecular formula is C9H17NO. The molecule has 64 valence electrons. The van der Waals surface area contributed by atoms with Gasteiger partial charge < -0.3 is 5.32 Å². The summed E-state index contributed by atoms with van der Waals surface area (Å²) < 4.78 is 0. The van der Waals surface area contributed by atoms with Crippen molar-refractivity contribution in [2.75, 3.05) is 0 Å². The van der Waals surface area contributed by atoms with Crippen molar-refractivity contribution >= 4 is 5.91 Å². The summed E-state index contributed by atoms with van der Waals surface area (Å²) in [5.74, 6) is 0.189. The average molecular weight is 155 g/mol. The van der Waals surface area contributed by atoms with E-state index in [1.165, 1.54) is 12.8 Å². The Balaban J connectivity index is 2.39. The molecule has 1 fully saturated rings. The number of nitrogens with one attached hydrogen (secondary N) is 1. The van der Waals surface area contributed by atoms with Crippen LogP contribution in [0.2, 0.25) is 0 Å². The van der Waals surface area contributed by atoms with Gasteiger partial charge in [0.25, 0.3) is 0 Å². The molecule has 0 unspecified atom stereocenters. The van der Waals surface area contributed by atoms with Crippen molar-refractivity contribution in [1.29, 1.82) is 0 Å². The highest BCUT2D eigenvalue weighted by Crippen LogP contribution is 2.28. The van der Waals surface area contributed by atoms with Gasteiger partial charge in [-0.1, -0.05) is 19.8 Å². The number of hydrogen-bond acceptors (Lipinski definition) is 1. The normalized spacial score (nSPS) is 21.6. The first kappa shape index (κ1) is 8.57. The zero-order valence-corrected chi connectivity index (χ0v) is 7.44. The molecule has 1 aliphatic rings. The molecule has 11 heavy (non-hydrogen) atoms. The van der Waals surface area contributed by atoms with E-state index in [9.17, 15) is 4.79 Å². The summed E-state index contributed by atoms with van der Waals surface area (Å²) in [7, 11) is 0. The molecule has 1 N–H and O–H groups in total. The van der Waals surface area contributed by atoms with Crippen LogP contribution < -0.4 is 5.32 Å². The average Bonchev–Trinajstić information content (AvgIpc) is 2.36. The van der Waals surface area contributed by atoms with Gasteiger partial charge in [0.2, 0.25) is 5.91 Å². The Bertz CT molecular complexity index is 148. The number of hydrogen-bond donors (Lipinski definition) is 1. The Morgan fingerprint density at radius 1 is 1.45 bits per heavy atom. The summed E-state index contributed by atoms with van der Waals surface area (Å²) in [6.45, 7) is 4.04. The van der Waals surface area contributed by atoms with Gasteiger partial charge in [-0.05, 0) is 19.8 Å². The highest BCUT2D eigenvalue weighted by molar-refractivity contribution is 5.76. The van der Waals surface area contributed by atoms with Crippen molar-refractivity contribution in [3.63, 3.8) is 0 Å². The lowest BCUT2D eigenvalue weighted by atomic mass is 10.0. The van der Waals surface area contributed by atoms with Gasteiger partial charge in [-0.25, -0.2) is 0 Å². The molecule has 1 rings (SSSR count). The summed E-state index contributed by atoms with van der Waals surface area (Å²) in [4.78, 5) is 11.1. The van der Waals surface area contributed by atoms with E-state index in [0.29, 0.717) is 6.42 Å². The fourth-order valence-corrected chi connectivity index (χ4v) is 1.71. The van der Waals surface area contributed by atoms with Crippen LogP contribution >= 0.6 is 0 Å². The Morgan fingerprint density at radius 3 is 2.45 bits per heavy atom. The lowest BCUT2D eigenvalue weighted by Gasteiger charge is -2.24. The number of carbonyl (C=O) groups excluding carboxylic acids is 1. The lowest BCUT2D eigenvalue weighted by molar-refractivity contribution is -0.122. The van der Waals surface area contributed by atoms with Crippen LogP contribution in [0.15, 0.2) is 0 Å². The standard InChI is InChI=1S/C9H17NO/c1-3-8(11)10-9(2)6-4-5-7-9/h3-7H2,1-2H3,(H,10,11). The van der Waals surface area contributed by atoms with E-state index in [-0.39, 0.29) is 11.4 Å². The molecule has 0 saturated heterocycles. The molecule has 0 aliphatic heterocycles. The van der Waals surface area contributed by atoms with Crippen molar-refractivity contribution in [1.82, 2.24) is 5.32 Å². The monoisotopic (exact) mass is 155 g/mol. The maximum absolute atomic E-state index is 11.1. The zero-order chi connectivity index (χ0) is 8.32. The summed E-state index contributed by atoms with van der Waals surface area (Å²) in [6, 6.07) is 0. The van der Waals surface area contributed by atoms with Crippen LogP contribution in [0.3, 0.4) is 0 Å². The first-order chi connectivity index (χ1) is 5.16. The molecule has 0 heterocycles. The second-order valence-corrected chi connectivity index (χ2v) is 3.67. The quantitative estimate of drug-likeness (QED) is 0.647. The minimum Gasteiger partial charge on any atom is -0.351 e. The minimum absolute atomic E-state index is 0.118. The van der Waals surface area contributed by atoms with Crippen LogP contribution in [0.4, 0.5) is 0 Å². The van der Waals surface area contributed by atoms with E-state index in [2.05, 4.69) is 12.2 Å². The Kier molecular flexibility index (Phi) is 2.53. The largest absolute Gasteiger partial charge is 0.351 e. The van der Waals surface area contributed by atoms with Crippen molar-refractivity contribution in [3.05, 3.63) is 0 Å². The van der Waals surface area contributed by atoms with Gasteiger partial charge in [0.05, 0.1) is 0 Å². The van der Waals surface area contributed by atoms with E-state index in [1.54, 1.807) is 0 Å². The predicted molar refractivity (Wildman–Crippen MR) is 45.3 cm³/mol. The molecule has 0 atom stereocenters. The van der Waals surface area contributed by atoms with E-state index in [0.717, 1.165) is 12.8 Å². The topological polar surface area (TPSA) is 29.1 Å². The van der Waals surface area contributed by atoms with Gasteiger partial charge in [0.15, 0.2) is 0 Å². The minimum atomic E-state index is 0.118. The number of amides is 1. The van der Waals surface area contributed by atoms with Crippen LogP contribution in [-0.4, -0.2) is 11.4 Å². The molecule has 1 aliphatic carbocycles. The molecule has 1 saturated carbocycles. The molecular weight excluding hydrogens is 138 g/mol. The maximum atomic E-state index is 11.1. The van der Waals surface area contributed by atoms with Crippen molar-refractivity contribution in [3.8, 4) is 0 Å². The predicted octanol–water partition coefficient (Wildman–Crippen LogP) is 1.85. The lowest BCUT2D eigenvalue weighted by Crippen LogP contribution is -2.43. The van der Waals surface area contributed by atoms with E-state index >= 15 is 0 Å². The summed E-state index contributed by atoms with van der Waals surface area (Å²) in [6.07, 6.45) is 5.44. The van der Waals surface area contributed by atoms with Crippen LogP contribution in [-0.2, 0) is 4.79 Å². The first-order valence-electron chi connectivity index (χ1n) is 4.47. The molecule has 1 amide bonds. The third-order valence-electron chi connectivity index (χ3n) is 2.47. The SMILES string of the molecule is CCC(=O)NC1(C)CCCC1. The van der Waals surface area contributed by atoms with E-state index < -0.39 is 0 Å². The van der Waals surface area contributed by atoms with Crippen molar-refractivity contribution in [2.45, 2.75) is 51.5 Å². The Labute approximate surface area is 68.4 Å². The number of carbonyl (C=O) groups is 1. The second kappa shape index (κ2) is 3.24. The Morgan fingerprint density at radius 2 is 2.00 bits per heavy atom. The summed E-state index contributed by atoms with van der Waals surface area (Å²) in [5.41, 5.74) is 0.118. The van der Waals surface area contributed by atoms with E-state index in [1.807, 2.05) is 6.92 Å². The van der Waals surface area contributed by atoms with Crippen LogP contribution in [0.5, 0.6) is 0 Å². The van der Waals surface area contributed by atoms with Crippen molar-refractivity contribution < 1.29 is 4.79 Å². The first-order valence-corrected chi connectivity index (χ1v) is 4.47. The Hall–Kier alpha value is -0.530. The molecule has 0 bridgehead atoms. The summed E-state index contributed by atoms with van der Waals surface area (Å²) >= 11 is 0. The van der Waals surface area contributed by atoms with Gasteiger partial charge in [0.1, 0.15) is 0 Å². The second-order valence-electron chi connectivity index (χ2n) is 3.67. The van der Waals surface area contributed by atoms with E-state index in [4.69, 9.17) is 0 Å².